The Bertz CT molecular complexity index is 995. The zero-order valence-corrected chi connectivity index (χ0v) is 16.4. The molecule has 2 aromatic carbocycles. The van der Waals surface area contributed by atoms with Gasteiger partial charge < -0.3 is 10.6 Å². The quantitative estimate of drug-likeness (QED) is 0.748. The van der Waals surface area contributed by atoms with Crippen molar-refractivity contribution in [2.24, 2.45) is 5.10 Å². The SMILES string of the molecule is O=C(CN1N=C(C(=O)Nc2ccc(F)cc2)CCC1=O)Nc1ccc(Cl)c(Cl)c1. The van der Waals surface area contributed by atoms with E-state index >= 15 is 0 Å². The summed E-state index contributed by atoms with van der Waals surface area (Å²) in [5.74, 6) is -1.85. The van der Waals surface area contributed by atoms with Gasteiger partial charge in [-0.15, -0.1) is 0 Å². The van der Waals surface area contributed by atoms with Gasteiger partial charge in [-0.05, 0) is 42.5 Å². The number of nitrogens with one attached hydrogen (secondary N) is 2. The molecule has 1 aliphatic heterocycles. The first-order chi connectivity index (χ1) is 13.8. The van der Waals surface area contributed by atoms with Crippen LogP contribution in [0.25, 0.3) is 0 Å². The third kappa shape index (κ3) is 5.52. The van der Waals surface area contributed by atoms with E-state index in [1.165, 1.54) is 36.4 Å². The highest BCUT2D eigenvalue weighted by molar-refractivity contribution is 6.43. The number of carbonyl (C=O) groups is 3. The van der Waals surface area contributed by atoms with Crippen LogP contribution in [0.5, 0.6) is 0 Å². The molecule has 0 saturated carbocycles. The second kappa shape index (κ2) is 9.02. The van der Waals surface area contributed by atoms with Gasteiger partial charge in [-0.3, -0.25) is 14.4 Å². The fourth-order valence-electron chi connectivity index (χ4n) is 2.54. The van der Waals surface area contributed by atoms with E-state index in [-0.39, 0.29) is 36.0 Å². The van der Waals surface area contributed by atoms with Crippen molar-refractivity contribution in [2.45, 2.75) is 12.8 Å². The average Bonchev–Trinajstić information content (AvgIpc) is 2.68. The van der Waals surface area contributed by atoms with E-state index in [2.05, 4.69) is 15.7 Å². The van der Waals surface area contributed by atoms with Crippen molar-refractivity contribution in [1.29, 1.82) is 0 Å². The minimum absolute atomic E-state index is 0.0374. The minimum Gasteiger partial charge on any atom is -0.324 e. The van der Waals surface area contributed by atoms with E-state index in [0.29, 0.717) is 16.4 Å². The van der Waals surface area contributed by atoms with Crippen molar-refractivity contribution < 1.29 is 18.8 Å². The van der Waals surface area contributed by atoms with E-state index in [4.69, 9.17) is 23.2 Å². The summed E-state index contributed by atoms with van der Waals surface area (Å²) >= 11 is 11.7. The molecule has 2 N–H and O–H groups in total. The van der Waals surface area contributed by atoms with Gasteiger partial charge in [0.25, 0.3) is 5.91 Å². The van der Waals surface area contributed by atoms with Crippen LogP contribution in [0.1, 0.15) is 12.8 Å². The lowest BCUT2D eigenvalue weighted by atomic mass is 10.1. The van der Waals surface area contributed by atoms with Crippen molar-refractivity contribution in [2.75, 3.05) is 17.2 Å². The Morgan fingerprint density at radius 2 is 1.69 bits per heavy atom. The van der Waals surface area contributed by atoms with E-state index in [1.54, 1.807) is 6.07 Å². The maximum Gasteiger partial charge on any atom is 0.271 e. The van der Waals surface area contributed by atoms with Gasteiger partial charge in [-0.1, -0.05) is 23.2 Å². The first kappa shape index (κ1) is 20.8. The third-order valence-corrected chi connectivity index (χ3v) is 4.70. The Labute approximate surface area is 175 Å². The summed E-state index contributed by atoms with van der Waals surface area (Å²) in [7, 11) is 0. The molecular formula is C19H15Cl2FN4O3. The van der Waals surface area contributed by atoms with Gasteiger partial charge in [0.15, 0.2) is 0 Å². The highest BCUT2D eigenvalue weighted by Crippen LogP contribution is 2.25. The molecule has 3 amide bonds. The lowest BCUT2D eigenvalue weighted by Crippen LogP contribution is -2.40. The van der Waals surface area contributed by atoms with Gasteiger partial charge >= 0.3 is 0 Å². The number of nitrogens with zero attached hydrogens (tertiary/aromatic N) is 2. The standard InChI is InChI=1S/C19H15Cl2FN4O3/c20-14-6-5-13(9-15(14)21)23-17(27)10-26-18(28)8-7-16(25-26)19(29)24-12-3-1-11(22)2-4-12/h1-6,9H,7-8,10H2,(H,23,27)(H,24,29). The van der Waals surface area contributed by atoms with E-state index in [1.807, 2.05) is 0 Å². The molecule has 0 unspecified atom stereocenters. The Kier molecular flexibility index (Phi) is 6.46. The number of hydrazone groups is 1. The average molecular weight is 437 g/mol. The summed E-state index contributed by atoms with van der Waals surface area (Å²) in [6.07, 6.45) is 0.173. The molecule has 0 atom stereocenters. The third-order valence-electron chi connectivity index (χ3n) is 3.97. The molecule has 150 valence electrons. The largest absolute Gasteiger partial charge is 0.324 e. The van der Waals surface area contributed by atoms with Crippen LogP contribution in [-0.2, 0) is 14.4 Å². The van der Waals surface area contributed by atoms with Crippen LogP contribution < -0.4 is 10.6 Å². The summed E-state index contributed by atoms with van der Waals surface area (Å²) in [6.45, 7) is -0.369. The summed E-state index contributed by atoms with van der Waals surface area (Å²) in [4.78, 5) is 36.7. The van der Waals surface area contributed by atoms with Crippen LogP contribution in [0, 0.1) is 5.82 Å². The number of anilines is 2. The van der Waals surface area contributed by atoms with Crippen LogP contribution in [0.2, 0.25) is 10.0 Å². The molecular weight excluding hydrogens is 422 g/mol. The molecule has 2 aromatic rings. The molecule has 0 aromatic heterocycles. The number of hydrogen-bond donors (Lipinski definition) is 2. The van der Waals surface area contributed by atoms with Gasteiger partial charge in [-0.2, -0.15) is 5.10 Å². The molecule has 1 heterocycles. The van der Waals surface area contributed by atoms with Crippen molar-refractivity contribution in [3.8, 4) is 0 Å². The van der Waals surface area contributed by atoms with E-state index in [0.717, 1.165) is 5.01 Å². The molecule has 3 rings (SSSR count). The predicted octanol–water partition coefficient (Wildman–Crippen LogP) is 3.69. The number of benzene rings is 2. The van der Waals surface area contributed by atoms with Crippen molar-refractivity contribution >= 4 is 58.0 Å². The molecule has 0 spiro atoms. The summed E-state index contributed by atoms with van der Waals surface area (Å²) in [5, 5.41) is 10.7. The van der Waals surface area contributed by atoms with Crippen LogP contribution in [0.15, 0.2) is 47.6 Å². The molecule has 29 heavy (non-hydrogen) atoms. The molecule has 1 aliphatic rings. The van der Waals surface area contributed by atoms with Crippen LogP contribution in [-0.4, -0.2) is 35.0 Å². The second-order valence-corrected chi connectivity index (χ2v) is 6.95. The maximum absolute atomic E-state index is 13.0. The van der Waals surface area contributed by atoms with Crippen LogP contribution >= 0.6 is 23.2 Å². The van der Waals surface area contributed by atoms with Crippen molar-refractivity contribution in [1.82, 2.24) is 5.01 Å². The number of hydrogen-bond acceptors (Lipinski definition) is 4. The normalized spacial score (nSPS) is 13.7. The maximum atomic E-state index is 13.0. The van der Waals surface area contributed by atoms with Crippen LogP contribution in [0.3, 0.4) is 0 Å². The molecule has 0 fully saturated rings. The van der Waals surface area contributed by atoms with Crippen LogP contribution in [0.4, 0.5) is 15.8 Å². The summed E-state index contributed by atoms with van der Waals surface area (Å²) in [5.41, 5.74) is 0.892. The fourth-order valence-corrected chi connectivity index (χ4v) is 2.83. The predicted molar refractivity (Wildman–Crippen MR) is 109 cm³/mol. The zero-order valence-electron chi connectivity index (χ0n) is 14.9. The summed E-state index contributed by atoms with van der Waals surface area (Å²) in [6, 6.07) is 9.80. The second-order valence-electron chi connectivity index (χ2n) is 6.14. The van der Waals surface area contributed by atoms with Gasteiger partial charge in [-0.25, -0.2) is 9.40 Å². The Balaban J connectivity index is 1.65. The Hall–Kier alpha value is -2.97. The first-order valence-corrected chi connectivity index (χ1v) is 9.27. The fraction of sp³-hybridized carbons (Fsp3) is 0.158. The van der Waals surface area contributed by atoms with E-state index < -0.39 is 17.6 Å². The first-order valence-electron chi connectivity index (χ1n) is 8.51. The van der Waals surface area contributed by atoms with E-state index in [9.17, 15) is 18.8 Å². The lowest BCUT2D eigenvalue weighted by molar-refractivity contribution is -0.135. The van der Waals surface area contributed by atoms with Gasteiger partial charge in [0.2, 0.25) is 11.8 Å². The highest BCUT2D eigenvalue weighted by atomic mass is 35.5. The van der Waals surface area contributed by atoms with Crippen molar-refractivity contribution in [3.05, 3.63) is 58.3 Å². The molecule has 7 nitrogen and oxygen atoms in total. The number of carbonyl (C=O) groups excluding carboxylic acids is 3. The lowest BCUT2D eigenvalue weighted by Gasteiger charge is -2.22. The molecule has 0 radical (unpaired) electrons. The number of halogens is 3. The zero-order chi connectivity index (χ0) is 21.0. The van der Waals surface area contributed by atoms with Gasteiger partial charge in [0.1, 0.15) is 18.1 Å². The smallest absolute Gasteiger partial charge is 0.271 e. The minimum atomic E-state index is -0.529. The van der Waals surface area contributed by atoms with Gasteiger partial charge in [0, 0.05) is 24.2 Å². The highest BCUT2D eigenvalue weighted by Gasteiger charge is 2.26. The molecule has 0 bridgehead atoms. The Morgan fingerprint density at radius 1 is 1.00 bits per heavy atom. The van der Waals surface area contributed by atoms with Gasteiger partial charge in [0.05, 0.1) is 10.0 Å². The summed E-state index contributed by atoms with van der Waals surface area (Å²) < 4.78 is 13.0. The molecule has 10 heteroatoms. The topological polar surface area (TPSA) is 90.9 Å². The van der Waals surface area contributed by atoms with Crippen molar-refractivity contribution in [3.63, 3.8) is 0 Å². The molecule has 0 aliphatic carbocycles. The Morgan fingerprint density at radius 3 is 2.38 bits per heavy atom. The monoisotopic (exact) mass is 436 g/mol. The number of amides is 3. The number of rotatable bonds is 5. The molecule has 0 saturated heterocycles.